The van der Waals surface area contributed by atoms with Gasteiger partial charge in [0.25, 0.3) is 5.91 Å². The van der Waals surface area contributed by atoms with Gasteiger partial charge < -0.3 is 10.6 Å². The van der Waals surface area contributed by atoms with Crippen LogP contribution in [-0.4, -0.2) is 28.5 Å². The zero-order valence-electron chi connectivity index (χ0n) is 13.3. The monoisotopic (exact) mass is 290 g/mol. The molecule has 0 spiro atoms. The molecule has 0 unspecified atom stereocenters. The summed E-state index contributed by atoms with van der Waals surface area (Å²) in [6, 6.07) is 2.17. The Kier molecular flexibility index (Phi) is 5.53. The fourth-order valence-electron chi connectivity index (χ4n) is 2.57. The molecule has 5 nitrogen and oxygen atoms in total. The van der Waals surface area contributed by atoms with Crippen molar-refractivity contribution in [3.05, 3.63) is 17.5 Å². The molecule has 5 heteroatoms. The Morgan fingerprint density at radius 2 is 2.00 bits per heavy atom. The fourth-order valence-corrected chi connectivity index (χ4v) is 2.57. The van der Waals surface area contributed by atoms with Gasteiger partial charge >= 0.3 is 0 Å². The lowest BCUT2D eigenvalue weighted by Gasteiger charge is -2.23. The summed E-state index contributed by atoms with van der Waals surface area (Å²) in [5, 5.41) is 6.28. The summed E-state index contributed by atoms with van der Waals surface area (Å²) in [6.45, 7) is 6.70. The van der Waals surface area contributed by atoms with E-state index in [1.165, 1.54) is 19.3 Å². The van der Waals surface area contributed by atoms with Crippen LogP contribution in [0, 0.1) is 12.8 Å². The first-order valence-corrected chi connectivity index (χ1v) is 7.95. The van der Waals surface area contributed by atoms with Gasteiger partial charge in [0.2, 0.25) is 5.95 Å². The fraction of sp³-hybridized carbons (Fsp3) is 0.688. The Bertz CT molecular complexity index is 481. The third-order valence-corrected chi connectivity index (χ3v) is 3.70. The summed E-state index contributed by atoms with van der Waals surface area (Å²) >= 11 is 0. The van der Waals surface area contributed by atoms with Crippen molar-refractivity contribution in [2.75, 3.05) is 11.9 Å². The van der Waals surface area contributed by atoms with E-state index in [9.17, 15) is 4.79 Å². The van der Waals surface area contributed by atoms with Crippen molar-refractivity contribution in [3.8, 4) is 0 Å². The van der Waals surface area contributed by atoms with E-state index in [1.807, 2.05) is 6.92 Å². The first-order valence-electron chi connectivity index (χ1n) is 7.95. The van der Waals surface area contributed by atoms with Crippen LogP contribution in [0.5, 0.6) is 0 Å². The molecular formula is C16H26N4O. The molecule has 1 fully saturated rings. The molecule has 0 radical (unpaired) electrons. The molecule has 1 amide bonds. The number of aromatic nitrogens is 2. The summed E-state index contributed by atoms with van der Waals surface area (Å²) in [5.41, 5.74) is 1.26. The summed E-state index contributed by atoms with van der Waals surface area (Å²) < 4.78 is 0. The number of carbonyl (C=O) groups excluding carboxylic acids is 1. The highest BCUT2D eigenvalue weighted by molar-refractivity contribution is 5.92. The Hall–Kier alpha value is -1.65. The molecule has 1 aliphatic carbocycles. The first-order chi connectivity index (χ1) is 10.0. The SMILES string of the molecule is Cc1cc(C(=O)NCC(C)C)nc(NC2CCCCC2)n1. The Balaban J connectivity index is 2.03. The zero-order valence-corrected chi connectivity index (χ0v) is 13.3. The molecule has 1 aliphatic rings. The molecule has 0 aliphatic heterocycles. The minimum atomic E-state index is -0.124. The van der Waals surface area contributed by atoms with Gasteiger partial charge in [-0.2, -0.15) is 0 Å². The molecule has 0 bridgehead atoms. The number of hydrogen-bond acceptors (Lipinski definition) is 4. The number of nitrogens with one attached hydrogen (secondary N) is 2. The smallest absolute Gasteiger partial charge is 0.270 e. The standard InChI is InChI=1S/C16H26N4O/c1-11(2)10-17-15(21)14-9-12(3)18-16(20-14)19-13-7-5-4-6-8-13/h9,11,13H,4-8,10H2,1-3H3,(H,17,21)(H,18,19,20). The van der Waals surface area contributed by atoms with Crippen LogP contribution in [-0.2, 0) is 0 Å². The van der Waals surface area contributed by atoms with Crippen LogP contribution in [0.2, 0.25) is 0 Å². The summed E-state index contributed by atoms with van der Waals surface area (Å²) in [7, 11) is 0. The zero-order chi connectivity index (χ0) is 15.2. The van der Waals surface area contributed by atoms with Crippen molar-refractivity contribution >= 4 is 11.9 Å². The van der Waals surface area contributed by atoms with Gasteiger partial charge in [-0.25, -0.2) is 9.97 Å². The van der Waals surface area contributed by atoms with E-state index in [4.69, 9.17) is 0 Å². The summed E-state index contributed by atoms with van der Waals surface area (Å²) in [6.07, 6.45) is 6.14. The van der Waals surface area contributed by atoms with Gasteiger partial charge in [0.05, 0.1) is 0 Å². The molecular weight excluding hydrogens is 264 g/mol. The molecule has 0 atom stereocenters. The molecule has 1 saturated carbocycles. The maximum Gasteiger partial charge on any atom is 0.270 e. The Morgan fingerprint density at radius 3 is 2.67 bits per heavy atom. The number of anilines is 1. The molecule has 1 aromatic rings. The van der Waals surface area contributed by atoms with E-state index in [2.05, 4.69) is 34.4 Å². The summed E-state index contributed by atoms with van der Waals surface area (Å²) in [5.74, 6) is 0.884. The van der Waals surface area contributed by atoms with Crippen molar-refractivity contribution in [3.63, 3.8) is 0 Å². The Morgan fingerprint density at radius 1 is 1.29 bits per heavy atom. The lowest BCUT2D eigenvalue weighted by atomic mass is 9.96. The number of nitrogens with zero attached hydrogens (tertiary/aromatic N) is 2. The molecule has 21 heavy (non-hydrogen) atoms. The molecule has 2 rings (SSSR count). The average Bonchev–Trinajstić information content (AvgIpc) is 2.45. The highest BCUT2D eigenvalue weighted by atomic mass is 16.1. The second-order valence-corrected chi connectivity index (χ2v) is 6.30. The van der Waals surface area contributed by atoms with E-state index in [0.29, 0.717) is 30.1 Å². The Labute approximate surface area is 127 Å². The molecule has 0 saturated heterocycles. The topological polar surface area (TPSA) is 66.9 Å². The van der Waals surface area contributed by atoms with Crippen LogP contribution in [0.4, 0.5) is 5.95 Å². The van der Waals surface area contributed by atoms with E-state index < -0.39 is 0 Å². The molecule has 2 N–H and O–H groups in total. The third-order valence-electron chi connectivity index (χ3n) is 3.70. The number of carbonyl (C=O) groups is 1. The van der Waals surface area contributed by atoms with Crippen molar-refractivity contribution in [2.45, 2.75) is 58.9 Å². The predicted molar refractivity (Wildman–Crippen MR) is 84.4 cm³/mol. The van der Waals surface area contributed by atoms with Crippen molar-refractivity contribution in [2.24, 2.45) is 5.92 Å². The molecule has 1 aromatic heterocycles. The van der Waals surface area contributed by atoms with E-state index in [1.54, 1.807) is 6.07 Å². The van der Waals surface area contributed by atoms with Gasteiger partial charge in [0.1, 0.15) is 5.69 Å². The molecule has 116 valence electrons. The number of aryl methyl sites for hydroxylation is 1. The lowest BCUT2D eigenvalue weighted by Crippen LogP contribution is -2.29. The maximum absolute atomic E-state index is 12.1. The van der Waals surface area contributed by atoms with E-state index in [-0.39, 0.29) is 5.91 Å². The van der Waals surface area contributed by atoms with Crippen LogP contribution >= 0.6 is 0 Å². The minimum Gasteiger partial charge on any atom is -0.351 e. The predicted octanol–water partition coefficient (Wildman–Crippen LogP) is 2.92. The van der Waals surface area contributed by atoms with Crippen LogP contribution in [0.3, 0.4) is 0 Å². The quantitative estimate of drug-likeness (QED) is 0.875. The van der Waals surface area contributed by atoms with Crippen LogP contribution in [0.25, 0.3) is 0 Å². The van der Waals surface area contributed by atoms with Crippen molar-refractivity contribution in [1.29, 1.82) is 0 Å². The normalized spacial score (nSPS) is 16.0. The van der Waals surface area contributed by atoms with Crippen LogP contribution in [0.15, 0.2) is 6.07 Å². The van der Waals surface area contributed by atoms with Crippen molar-refractivity contribution < 1.29 is 4.79 Å². The minimum absolute atomic E-state index is 0.124. The van der Waals surface area contributed by atoms with E-state index in [0.717, 1.165) is 18.5 Å². The summed E-state index contributed by atoms with van der Waals surface area (Å²) in [4.78, 5) is 20.9. The van der Waals surface area contributed by atoms with Crippen molar-refractivity contribution in [1.82, 2.24) is 15.3 Å². The third kappa shape index (κ3) is 4.99. The molecule has 0 aromatic carbocycles. The second-order valence-electron chi connectivity index (χ2n) is 6.30. The number of rotatable bonds is 5. The highest BCUT2D eigenvalue weighted by Crippen LogP contribution is 2.20. The number of amides is 1. The highest BCUT2D eigenvalue weighted by Gasteiger charge is 2.16. The average molecular weight is 290 g/mol. The second kappa shape index (κ2) is 7.38. The molecule has 1 heterocycles. The van der Waals surface area contributed by atoms with Gasteiger partial charge in [0, 0.05) is 18.3 Å². The van der Waals surface area contributed by atoms with Gasteiger partial charge in [-0.05, 0) is 31.7 Å². The number of hydrogen-bond donors (Lipinski definition) is 2. The van der Waals surface area contributed by atoms with Gasteiger partial charge in [-0.15, -0.1) is 0 Å². The van der Waals surface area contributed by atoms with Gasteiger partial charge in [0.15, 0.2) is 0 Å². The van der Waals surface area contributed by atoms with E-state index >= 15 is 0 Å². The van der Waals surface area contributed by atoms with Gasteiger partial charge in [-0.3, -0.25) is 4.79 Å². The maximum atomic E-state index is 12.1. The van der Waals surface area contributed by atoms with Crippen LogP contribution < -0.4 is 10.6 Å². The largest absolute Gasteiger partial charge is 0.351 e. The lowest BCUT2D eigenvalue weighted by molar-refractivity contribution is 0.0944. The van der Waals surface area contributed by atoms with Crippen LogP contribution in [0.1, 0.15) is 62.1 Å². The van der Waals surface area contributed by atoms with Gasteiger partial charge in [-0.1, -0.05) is 33.1 Å². The first kappa shape index (κ1) is 15.7.